The quantitative estimate of drug-likeness (QED) is 0.546. The Balaban J connectivity index is 1.93. The number of benzene rings is 1. The molecule has 4 rings (SSSR count). The van der Waals surface area contributed by atoms with Gasteiger partial charge in [0.15, 0.2) is 0 Å². The molecule has 0 atom stereocenters. The van der Waals surface area contributed by atoms with Gasteiger partial charge in [-0.25, -0.2) is 4.68 Å². The Morgan fingerprint density at radius 2 is 1.40 bits per heavy atom. The number of nitrogens with zero attached hydrogens (tertiary/aromatic N) is 6. The van der Waals surface area contributed by atoms with Crippen LogP contribution in [0, 0.1) is 0 Å². The van der Waals surface area contributed by atoms with Crippen LogP contribution in [0.2, 0.25) is 10.0 Å². The molecule has 0 aliphatic rings. The Bertz CT molecular complexity index is 1040. The highest BCUT2D eigenvalue weighted by atomic mass is 35.5. The molecule has 3 heterocycles. The second kappa shape index (κ2) is 6.06. The van der Waals surface area contributed by atoms with Crippen LogP contribution >= 0.6 is 23.2 Å². The normalized spacial score (nSPS) is 11.2. The Hall–Kier alpha value is -2.57. The number of aromatic nitrogens is 6. The third-order valence-electron chi connectivity index (χ3n) is 3.80. The first kappa shape index (κ1) is 15.9. The van der Waals surface area contributed by atoms with Gasteiger partial charge in [-0.2, -0.15) is 15.3 Å². The van der Waals surface area contributed by atoms with Crippen LogP contribution in [0.5, 0.6) is 0 Å². The van der Waals surface area contributed by atoms with Crippen molar-refractivity contribution in [2.45, 2.75) is 0 Å². The zero-order chi connectivity index (χ0) is 17.6. The molecule has 0 spiro atoms. The topological polar surface area (TPSA) is 53.5 Å². The molecule has 3 aromatic heterocycles. The van der Waals surface area contributed by atoms with Crippen LogP contribution in [0.3, 0.4) is 0 Å². The summed E-state index contributed by atoms with van der Waals surface area (Å²) in [5, 5.41) is 14.3. The first-order valence-corrected chi connectivity index (χ1v) is 8.30. The van der Waals surface area contributed by atoms with Gasteiger partial charge in [-0.3, -0.25) is 9.36 Å². The maximum absolute atomic E-state index is 6.17. The number of hydrogen-bond donors (Lipinski definition) is 0. The van der Waals surface area contributed by atoms with Gasteiger partial charge in [-0.1, -0.05) is 23.2 Å². The molecular weight excluding hydrogens is 359 g/mol. The summed E-state index contributed by atoms with van der Waals surface area (Å²) in [6.07, 6.45) is 7.44. The van der Waals surface area contributed by atoms with Gasteiger partial charge in [0.25, 0.3) is 0 Å². The smallest absolute Gasteiger partial charge is 0.0965 e. The minimum Gasteiger partial charge on any atom is -0.275 e. The third kappa shape index (κ3) is 3.06. The lowest BCUT2D eigenvalue weighted by Gasteiger charge is -2.07. The summed E-state index contributed by atoms with van der Waals surface area (Å²) in [5.74, 6) is 0. The van der Waals surface area contributed by atoms with E-state index in [1.807, 2.05) is 49.4 Å². The van der Waals surface area contributed by atoms with Crippen molar-refractivity contribution in [2.24, 2.45) is 14.1 Å². The summed E-state index contributed by atoms with van der Waals surface area (Å²) in [6.45, 7) is 0. The molecule has 0 amide bonds. The first-order valence-electron chi connectivity index (χ1n) is 7.54. The van der Waals surface area contributed by atoms with Crippen LogP contribution in [-0.4, -0.2) is 29.3 Å². The van der Waals surface area contributed by atoms with E-state index >= 15 is 0 Å². The fourth-order valence-electron chi connectivity index (χ4n) is 2.69. The predicted octanol–water partition coefficient (Wildman–Crippen LogP) is 3.98. The van der Waals surface area contributed by atoms with Crippen LogP contribution in [-0.2, 0) is 14.1 Å². The van der Waals surface area contributed by atoms with Crippen molar-refractivity contribution < 1.29 is 0 Å². The van der Waals surface area contributed by atoms with Gasteiger partial charge < -0.3 is 0 Å². The molecule has 1 aromatic carbocycles. The molecule has 126 valence electrons. The first-order chi connectivity index (χ1) is 12.0. The zero-order valence-electron chi connectivity index (χ0n) is 13.6. The highest BCUT2D eigenvalue weighted by Crippen LogP contribution is 2.30. The molecule has 0 radical (unpaired) electrons. The molecule has 4 aromatic rings. The maximum atomic E-state index is 6.17. The van der Waals surface area contributed by atoms with E-state index < -0.39 is 0 Å². The van der Waals surface area contributed by atoms with Crippen molar-refractivity contribution in [3.8, 4) is 28.2 Å². The molecule has 0 unspecified atom stereocenters. The SMILES string of the molecule is Cn1cc(-c2cc(-c3cnn(C)c3)n(-c3cc(Cl)cc(Cl)c3)n2)cn1. The zero-order valence-corrected chi connectivity index (χ0v) is 15.1. The monoisotopic (exact) mass is 372 g/mol. The van der Waals surface area contributed by atoms with Crippen molar-refractivity contribution in [3.05, 3.63) is 59.1 Å². The van der Waals surface area contributed by atoms with E-state index in [1.54, 1.807) is 27.8 Å². The van der Waals surface area contributed by atoms with Crippen molar-refractivity contribution in [1.29, 1.82) is 0 Å². The van der Waals surface area contributed by atoms with E-state index in [2.05, 4.69) is 10.2 Å². The number of aryl methyl sites for hydroxylation is 2. The van der Waals surface area contributed by atoms with Gasteiger partial charge in [-0.05, 0) is 24.3 Å². The van der Waals surface area contributed by atoms with Gasteiger partial charge in [0.1, 0.15) is 0 Å². The minimum atomic E-state index is 0.554. The summed E-state index contributed by atoms with van der Waals surface area (Å²) in [4.78, 5) is 0. The maximum Gasteiger partial charge on any atom is 0.0965 e. The fraction of sp³-hybridized carbons (Fsp3) is 0.118. The minimum absolute atomic E-state index is 0.554. The lowest BCUT2D eigenvalue weighted by Crippen LogP contribution is -1.99. The molecule has 25 heavy (non-hydrogen) atoms. The number of rotatable bonds is 3. The second-order valence-electron chi connectivity index (χ2n) is 5.76. The van der Waals surface area contributed by atoms with E-state index in [0.29, 0.717) is 10.0 Å². The second-order valence-corrected chi connectivity index (χ2v) is 6.63. The molecule has 0 N–H and O–H groups in total. The Morgan fingerprint density at radius 3 is 1.96 bits per heavy atom. The molecule has 0 aliphatic heterocycles. The van der Waals surface area contributed by atoms with E-state index in [9.17, 15) is 0 Å². The van der Waals surface area contributed by atoms with Crippen LogP contribution in [0.15, 0.2) is 49.1 Å². The molecule has 0 fully saturated rings. The molecule has 8 heteroatoms. The Labute approximate surface area is 154 Å². The van der Waals surface area contributed by atoms with Crippen LogP contribution in [0.4, 0.5) is 0 Å². The van der Waals surface area contributed by atoms with Crippen molar-refractivity contribution in [3.63, 3.8) is 0 Å². The summed E-state index contributed by atoms with van der Waals surface area (Å²) in [6, 6.07) is 7.35. The highest BCUT2D eigenvalue weighted by molar-refractivity contribution is 6.34. The van der Waals surface area contributed by atoms with Gasteiger partial charge in [0, 0.05) is 47.7 Å². The van der Waals surface area contributed by atoms with E-state index in [4.69, 9.17) is 28.3 Å². The van der Waals surface area contributed by atoms with E-state index in [1.165, 1.54) is 0 Å². The Morgan fingerprint density at radius 1 is 0.800 bits per heavy atom. The molecule has 0 saturated heterocycles. The standard InChI is InChI=1S/C17H14Cl2N6/c1-23-9-11(7-20-23)16-6-17(12-8-21-24(2)10-12)25(22-16)15-4-13(18)3-14(19)5-15/h3-10H,1-2H3. The van der Waals surface area contributed by atoms with E-state index in [0.717, 1.165) is 28.2 Å². The van der Waals surface area contributed by atoms with E-state index in [-0.39, 0.29) is 0 Å². The van der Waals surface area contributed by atoms with Gasteiger partial charge in [-0.15, -0.1) is 0 Å². The lowest BCUT2D eigenvalue weighted by molar-refractivity contribution is 0.767. The lowest BCUT2D eigenvalue weighted by atomic mass is 10.2. The molecule has 0 bridgehead atoms. The molecule has 0 aliphatic carbocycles. The largest absolute Gasteiger partial charge is 0.275 e. The molecule has 0 saturated carbocycles. The Kier molecular flexibility index (Phi) is 3.86. The fourth-order valence-corrected chi connectivity index (χ4v) is 3.21. The summed E-state index contributed by atoms with van der Waals surface area (Å²) in [7, 11) is 3.75. The van der Waals surface area contributed by atoms with Gasteiger partial charge in [0.05, 0.1) is 29.5 Å². The predicted molar refractivity (Wildman–Crippen MR) is 98.0 cm³/mol. The average Bonchev–Trinajstić information content (AvgIpc) is 3.25. The molecule has 6 nitrogen and oxygen atoms in total. The van der Waals surface area contributed by atoms with Crippen LogP contribution in [0.25, 0.3) is 28.2 Å². The summed E-state index contributed by atoms with van der Waals surface area (Å²) < 4.78 is 5.31. The van der Waals surface area contributed by atoms with Crippen molar-refractivity contribution >= 4 is 23.2 Å². The highest BCUT2D eigenvalue weighted by Gasteiger charge is 2.16. The molecular formula is C17H14Cl2N6. The van der Waals surface area contributed by atoms with Crippen LogP contribution in [0.1, 0.15) is 0 Å². The average molecular weight is 373 g/mol. The van der Waals surface area contributed by atoms with Gasteiger partial charge >= 0.3 is 0 Å². The number of hydrogen-bond acceptors (Lipinski definition) is 3. The van der Waals surface area contributed by atoms with Crippen LogP contribution < -0.4 is 0 Å². The summed E-state index contributed by atoms with van der Waals surface area (Å²) in [5.41, 5.74) is 4.36. The van der Waals surface area contributed by atoms with Gasteiger partial charge in [0.2, 0.25) is 0 Å². The van der Waals surface area contributed by atoms with Crippen molar-refractivity contribution in [1.82, 2.24) is 29.3 Å². The van der Waals surface area contributed by atoms with Crippen molar-refractivity contribution in [2.75, 3.05) is 0 Å². The third-order valence-corrected chi connectivity index (χ3v) is 4.24. The number of halogens is 2. The summed E-state index contributed by atoms with van der Waals surface area (Å²) >= 11 is 12.3.